The van der Waals surface area contributed by atoms with Crippen molar-refractivity contribution < 1.29 is 18.7 Å². The van der Waals surface area contributed by atoms with Crippen LogP contribution in [0, 0.1) is 11.8 Å². The molecule has 0 aromatic rings. The van der Waals surface area contributed by atoms with E-state index >= 15 is 0 Å². The van der Waals surface area contributed by atoms with Crippen LogP contribution < -0.4 is 0 Å². The van der Waals surface area contributed by atoms with Crippen LogP contribution in [-0.4, -0.2) is 34.7 Å². The van der Waals surface area contributed by atoms with E-state index in [0.717, 1.165) is 12.8 Å². The second kappa shape index (κ2) is 4.53. The fraction of sp³-hybridized carbons (Fsp3) is 0.900. The molecule has 2 aliphatic rings. The molecule has 0 radical (unpaired) electrons. The van der Waals surface area contributed by atoms with Gasteiger partial charge < -0.3 is 13.9 Å². The molecule has 0 aromatic heterocycles. The molecule has 4 atom stereocenters. The number of epoxide rings is 1. The second-order valence-electron chi connectivity index (χ2n) is 4.42. The molecule has 1 aliphatic carbocycles. The predicted octanol–water partition coefficient (Wildman–Crippen LogP) is 1.08. The summed E-state index contributed by atoms with van der Waals surface area (Å²) in [4.78, 5) is 11.0. The molecule has 0 aromatic carbocycles. The Morgan fingerprint density at radius 2 is 2.20 bits per heavy atom. The lowest BCUT2D eigenvalue weighted by Crippen LogP contribution is -2.27. The maximum atomic E-state index is 11.0. The van der Waals surface area contributed by atoms with Gasteiger partial charge >= 0.3 is 6.16 Å². The molecule has 2 fully saturated rings. The molecular formula is C10H18O4Si. The summed E-state index contributed by atoms with van der Waals surface area (Å²) in [6.07, 6.45) is 2.58. The van der Waals surface area contributed by atoms with E-state index in [1.807, 2.05) is 6.55 Å². The molecule has 0 bridgehead atoms. The van der Waals surface area contributed by atoms with E-state index in [1.165, 1.54) is 0 Å². The van der Waals surface area contributed by atoms with Crippen molar-refractivity contribution >= 4 is 15.9 Å². The normalized spacial score (nSPS) is 38.8. The summed E-state index contributed by atoms with van der Waals surface area (Å²) in [6.45, 7) is 4.60. The molecule has 5 heteroatoms. The van der Waals surface area contributed by atoms with E-state index < -0.39 is 15.9 Å². The quantitative estimate of drug-likeness (QED) is 0.413. The molecule has 0 spiro atoms. The van der Waals surface area contributed by atoms with Crippen LogP contribution in [0.4, 0.5) is 4.79 Å². The predicted molar refractivity (Wildman–Crippen MR) is 57.4 cm³/mol. The van der Waals surface area contributed by atoms with E-state index in [1.54, 1.807) is 0 Å². The number of hydrogen-bond donors (Lipinski definition) is 0. The van der Waals surface area contributed by atoms with Gasteiger partial charge in [0.25, 0.3) is 0 Å². The largest absolute Gasteiger partial charge is 0.495 e. The van der Waals surface area contributed by atoms with E-state index in [0.29, 0.717) is 30.7 Å². The molecule has 0 amide bonds. The van der Waals surface area contributed by atoms with Crippen LogP contribution in [-0.2, 0) is 13.9 Å². The average molecular weight is 230 g/mol. The van der Waals surface area contributed by atoms with Gasteiger partial charge in [-0.05, 0) is 31.2 Å². The van der Waals surface area contributed by atoms with Gasteiger partial charge in [0.05, 0.1) is 18.8 Å². The SMILES string of the molecule is C[SiH2]OC(=O)OCC1CC2OC2CC1C. The lowest BCUT2D eigenvalue weighted by atomic mass is 9.81. The third-order valence-electron chi connectivity index (χ3n) is 3.31. The standard InChI is InChI=1S/C10H18O4Si/c1-6-3-8-9(13-8)4-7(6)5-12-10(11)14-15-2/h6-9H,3-5,15H2,1-2H3. The van der Waals surface area contributed by atoms with Crippen molar-refractivity contribution in [1.82, 2.24) is 0 Å². The van der Waals surface area contributed by atoms with Gasteiger partial charge in [0, 0.05) is 0 Å². The summed E-state index contributed by atoms with van der Waals surface area (Å²) >= 11 is 0. The van der Waals surface area contributed by atoms with Crippen LogP contribution in [0.2, 0.25) is 6.55 Å². The van der Waals surface area contributed by atoms with Gasteiger partial charge in [-0.2, -0.15) is 0 Å². The van der Waals surface area contributed by atoms with E-state index in [4.69, 9.17) is 13.9 Å². The molecule has 1 saturated heterocycles. The Morgan fingerprint density at radius 1 is 1.47 bits per heavy atom. The summed E-state index contributed by atoms with van der Waals surface area (Å²) in [5.41, 5.74) is 0. The number of ether oxygens (including phenoxy) is 2. The van der Waals surface area contributed by atoms with Crippen LogP contribution in [0.3, 0.4) is 0 Å². The van der Waals surface area contributed by atoms with Gasteiger partial charge in [0.2, 0.25) is 9.76 Å². The highest BCUT2D eigenvalue weighted by Crippen LogP contribution is 2.42. The number of carbonyl (C=O) groups excluding carboxylic acids is 1. The maximum absolute atomic E-state index is 11.0. The minimum atomic E-state index is -0.697. The molecule has 4 unspecified atom stereocenters. The van der Waals surface area contributed by atoms with Crippen molar-refractivity contribution in [3.05, 3.63) is 0 Å². The number of carbonyl (C=O) groups is 1. The van der Waals surface area contributed by atoms with E-state index in [2.05, 4.69) is 6.92 Å². The van der Waals surface area contributed by atoms with Gasteiger partial charge in [-0.1, -0.05) is 6.92 Å². The Labute approximate surface area is 92.2 Å². The van der Waals surface area contributed by atoms with Gasteiger partial charge in [-0.3, -0.25) is 0 Å². The van der Waals surface area contributed by atoms with Crippen LogP contribution >= 0.6 is 0 Å². The van der Waals surface area contributed by atoms with Crippen molar-refractivity contribution in [1.29, 1.82) is 0 Å². The zero-order valence-corrected chi connectivity index (χ0v) is 10.7. The first-order chi connectivity index (χ1) is 7.20. The van der Waals surface area contributed by atoms with Crippen molar-refractivity contribution in [2.75, 3.05) is 6.61 Å². The van der Waals surface area contributed by atoms with Crippen LogP contribution in [0.25, 0.3) is 0 Å². The lowest BCUT2D eigenvalue weighted by Gasteiger charge is -2.25. The van der Waals surface area contributed by atoms with E-state index in [-0.39, 0.29) is 0 Å². The van der Waals surface area contributed by atoms with Gasteiger partial charge in [0.1, 0.15) is 0 Å². The Kier molecular flexibility index (Phi) is 3.31. The van der Waals surface area contributed by atoms with Crippen molar-refractivity contribution in [3.63, 3.8) is 0 Å². The van der Waals surface area contributed by atoms with Gasteiger partial charge in [-0.15, -0.1) is 0 Å². The second-order valence-corrected chi connectivity index (χ2v) is 5.28. The fourth-order valence-corrected chi connectivity index (χ4v) is 2.57. The highest BCUT2D eigenvalue weighted by Gasteiger charge is 2.47. The Morgan fingerprint density at radius 3 is 2.93 bits per heavy atom. The minimum absolute atomic E-state index is 0.436. The Bertz CT molecular complexity index is 246. The summed E-state index contributed by atoms with van der Waals surface area (Å²) in [6, 6.07) is 0. The fourth-order valence-electron chi connectivity index (χ4n) is 2.25. The summed E-state index contributed by atoms with van der Waals surface area (Å²) in [5.74, 6) is 1.03. The molecule has 1 heterocycles. The monoisotopic (exact) mass is 230 g/mol. The smallest absolute Gasteiger partial charge is 0.493 e. The number of hydrogen-bond acceptors (Lipinski definition) is 4. The third-order valence-corrected chi connectivity index (χ3v) is 3.83. The van der Waals surface area contributed by atoms with Crippen molar-refractivity contribution in [3.8, 4) is 0 Å². The van der Waals surface area contributed by atoms with Crippen LogP contribution in [0.15, 0.2) is 0 Å². The summed E-state index contributed by atoms with van der Waals surface area (Å²) in [7, 11) is -0.697. The highest BCUT2D eigenvalue weighted by molar-refractivity contribution is 6.27. The first kappa shape index (κ1) is 10.9. The lowest BCUT2D eigenvalue weighted by molar-refractivity contribution is 0.0684. The molecule has 0 N–H and O–H groups in total. The molecule has 1 saturated carbocycles. The summed E-state index contributed by atoms with van der Waals surface area (Å²) in [5, 5.41) is 0. The first-order valence-corrected chi connectivity index (χ1v) is 7.65. The topological polar surface area (TPSA) is 48.1 Å². The zero-order valence-electron chi connectivity index (χ0n) is 9.27. The molecule has 1 aliphatic heterocycles. The highest BCUT2D eigenvalue weighted by atomic mass is 28.2. The molecule has 4 nitrogen and oxygen atoms in total. The van der Waals surface area contributed by atoms with Gasteiger partial charge in [-0.25, -0.2) is 4.79 Å². The van der Waals surface area contributed by atoms with Crippen molar-refractivity contribution in [2.45, 2.75) is 38.5 Å². The van der Waals surface area contributed by atoms with Gasteiger partial charge in [0.15, 0.2) is 0 Å². The maximum Gasteiger partial charge on any atom is 0.493 e. The first-order valence-electron chi connectivity index (χ1n) is 5.65. The molecule has 2 rings (SSSR count). The zero-order chi connectivity index (χ0) is 10.8. The average Bonchev–Trinajstić information content (AvgIpc) is 2.92. The van der Waals surface area contributed by atoms with Crippen LogP contribution in [0.1, 0.15) is 19.8 Å². The minimum Gasteiger partial charge on any atom is -0.495 e. The number of fused-ring (bicyclic) bond motifs is 1. The molecule has 15 heavy (non-hydrogen) atoms. The molecule has 86 valence electrons. The molecular weight excluding hydrogens is 212 g/mol. The van der Waals surface area contributed by atoms with Crippen LogP contribution in [0.5, 0.6) is 0 Å². The Balaban J connectivity index is 1.71. The number of rotatable bonds is 3. The third kappa shape index (κ3) is 2.72. The Hall–Kier alpha value is -0.553. The summed E-state index contributed by atoms with van der Waals surface area (Å²) < 4.78 is 15.4. The van der Waals surface area contributed by atoms with Crippen molar-refractivity contribution in [2.24, 2.45) is 11.8 Å². The van der Waals surface area contributed by atoms with E-state index in [9.17, 15) is 4.79 Å².